The van der Waals surface area contributed by atoms with E-state index in [4.69, 9.17) is 9.47 Å². The van der Waals surface area contributed by atoms with E-state index in [0.717, 1.165) is 5.56 Å². The third kappa shape index (κ3) is 5.74. The van der Waals surface area contributed by atoms with E-state index < -0.39 is 0 Å². The van der Waals surface area contributed by atoms with Gasteiger partial charge in [-0.3, -0.25) is 14.9 Å². The maximum Gasteiger partial charge on any atom is 0.316 e. The fourth-order valence-corrected chi connectivity index (χ4v) is 3.36. The highest BCUT2D eigenvalue weighted by atomic mass is 32.2. The SMILES string of the molecule is COC(=O)CSc1nnc(NC(=O)/C=C/c2ccc(OC)c(OC)c2)s1. The molecule has 138 valence electrons. The predicted octanol–water partition coefficient (Wildman–Crippen LogP) is 2.47. The summed E-state index contributed by atoms with van der Waals surface area (Å²) < 4.78 is 15.5. The van der Waals surface area contributed by atoms with Crippen LogP contribution < -0.4 is 14.8 Å². The molecular weight excluding hydrogens is 378 g/mol. The molecular formula is C16H17N3O5S2. The molecule has 0 spiro atoms. The number of nitrogens with one attached hydrogen (secondary N) is 1. The molecule has 2 aromatic rings. The van der Waals surface area contributed by atoms with Crippen LogP contribution in [0.25, 0.3) is 6.08 Å². The van der Waals surface area contributed by atoms with Gasteiger partial charge in [0.05, 0.1) is 27.1 Å². The van der Waals surface area contributed by atoms with Gasteiger partial charge in [-0.2, -0.15) is 0 Å². The highest BCUT2D eigenvalue weighted by molar-refractivity contribution is 8.01. The third-order valence-corrected chi connectivity index (χ3v) is 4.96. The maximum atomic E-state index is 12.0. The molecule has 0 aliphatic carbocycles. The first-order valence-electron chi connectivity index (χ1n) is 7.30. The molecule has 1 amide bonds. The van der Waals surface area contributed by atoms with E-state index in [-0.39, 0.29) is 17.6 Å². The smallest absolute Gasteiger partial charge is 0.316 e. The van der Waals surface area contributed by atoms with Crippen molar-refractivity contribution in [3.8, 4) is 11.5 Å². The van der Waals surface area contributed by atoms with Crippen LogP contribution in [0.1, 0.15) is 5.56 Å². The average molecular weight is 395 g/mol. The number of hydrogen-bond acceptors (Lipinski definition) is 9. The highest BCUT2D eigenvalue weighted by Gasteiger charge is 2.09. The van der Waals surface area contributed by atoms with Gasteiger partial charge in [-0.1, -0.05) is 29.2 Å². The molecule has 2 rings (SSSR count). The minimum Gasteiger partial charge on any atom is -0.493 e. The Morgan fingerprint density at radius 1 is 1.19 bits per heavy atom. The van der Waals surface area contributed by atoms with Gasteiger partial charge in [-0.15, -0.1) is 10.2 Å². The zero-order chi connectivity index (χ0) is 18.9. The third-order valence-electron chi connectivity index (χ3n) is 3.01. The highest BCUT2D eigenvalue weighted by Crippen LogP contribution is 2.28. The Bertz CT molecular complexity index is 807. The fraction of sp³-hybridized carbons (Fsp3) is 0.250. The number of anilines is 1. The van der Waals surface area contributed by atoms with Crippen molar-refractivity contribution < 1.29 is 23.8 Å². The van der Waals surface area contributed by atoms with E-state index in [2.05, 4.69) is 20.3 Å². The quantitative estimate of drug-likeness (QED) is 0.315. The van der Waals surface area contributed by atoms with Crippen LogP contribution in [0.3, 0.4) is 0 Å². The number of carbonyl (C=O) groups is 2. The van der Waals surface area contributed by atoms with Crippen LogP contribution >= 0.6 is 23.1 Å². The molecule has 0 radical (unpaired) electrons. The Kier molecular flexibility index (Phi) is 7.42. The van der Waals surface area contributed by atoms with Crippen molar-refractivity contribution in [3.05, 3.63) is 29.8 Å². The van der Waals surface area contributed by atoms with E-state index in [9.17, 15) is 9.59 Å². The monoisotopic (exact) mass is 395 g/mol. The van der Waals surface area contributed by atoms with Crippen molar-refractivity contribution in [1.82, 2.24) is 10.2 Å². The summed E-state index contributed by atoms with van der Waals surface area (Å²) in [6.45, 7) is 0. The molecule has 26 heavy (non-hydrogen) atoms. The number of benzene rings is 1. The minimum absolute atomic E-state index is 0.137. The lowest BCUT2D eigenvalue weighted by Gasteiger charge is -2.07. The van der Waals surface area contributed by atoms with E-state index in [1.165, 1.54) is 36.3 Å². The van der Waals surface area contributed by atoms with Crippen molar-refractivity contribution in [3.63, 3.8) is 0 Å². The Labute approximate surface area is 158 Å². The molecule has 1 heterocycles. The van der Waals surface area contributed by atoms with E-state index in [1.807, 2.05) is 0 Å². The summed E-state index contributed by atoms with van der Waals surface area (Å²) in [6, 6.07) is 5.32. The Hall–Kier alpha value is -2.59. The number of carbonyl (C=O) groups excluding carboxylic acids is 2. The van der Waals surface area contributed by atoms with Gasteiger partial charge in [0.15, 0.2) is 15.8 Å². The van der Waals surface area contributed by atoms with E-state index in [1.54, 1.807) is 38.5 Å². The molecule has 8 nitrogen and oxygen atoms in total. The number of rotatable bonds is 8. The zero-order valence-electron chi connectivity index (χ0n) is 14.3. The van der Waals surface area contributed by atoms with Gasteiger partial charge < -0.3 is 14.2 Å². The van der Waals surface area contributed by atoms with Gasteiger partial charge >= 0.3 is 5.97 Å². The molecule has 0 unspecified atom stereocenters. The van der Waals surface area contributed by atoms with Crippen molar-refractivity contribution >= 4 is 46.2 Å². The number of ether oxygens (including phenoxy) is 3. The van der Waals surface area contributed by atoms with Crippen molar-refractivity contribution in [2.45, 2.75) is 4.34 Å². The van der Waals surface area contributed by atoms with Gasteiger partial charge in [0.1, 0.15) is 0 Å². The second kappa shape index (κ2) is 9.78. The molecule has 0 bridgehead atoms. The molecule has 0 aliphatic rings. The molecule has 1 N–H and O–H groups in total. The van der Waals surface area contributed by atoms with Crippen molar-refractivity contribution in [2.75, 3.05) is 32.4 Å². The van der Waals surface area contributed by atoms with Crippen LogP contribution in [-0.4, -0.2) is 49.2 Å². The van der Waals surface area contributed by atoms with Gasteiger partial charge in [0.25, 0.3) is 0 Å². The summed E-state index contributed by atoms with van der Waals surface area (Å²) in [5.41, 5.74) is 0.782. The minimum atomic E-state index is -0.353. The largest absolute Gasteiger partial charge is 0.493 e. The van der Waals surface area contributed by atoms with E-state index >= 15 is 0 Å². The van der Waals surface area contributed by atoms with Crippen LogP contribution in [0.5, 0.6) is 11.5 Å². The van der Waals surface area contributed by atoms with Crippen LogP contribution in [0.2, 0.25) is 0 Å². The normalized spacial score (nSPS) is 10.6. The molecule has 1 aromatic carbocycles. The topological polar surface area (TPSA) is 99.6 Å². The first-order chi connectivity index (χ1) is 12.5. The lowest BCUT2D eigenvalue weighted by Crippen LogP contribution is -2.07. The first kappa shape index (κ1) is 19.7. The number of methoxy groups -OCH3 is 3. The lowest BCUT2D eigenvalue weighted by atomic mass is 10.2. The molecule has 0 saturated heterocycles. The number of amides is 1. The van der Waals surface area contributed by atoms with Crippen molar-refractivity contribution in [2.24, 2.45) is 0 Å². The standard InChI is InChI=1S/C16H17N3O5S2/c1-22-11-6-4-10(8-12(11)23-2)5-7-13(20)17-15-18-19-16(26-15)25-9-14(21)24-3/h4-8H,9H2,1-3H3,(H,17,18,20)/b7-5+. The lowest BCUT2D eigenvalue weighted by molar-refractivity contribution is -0.137. The molecule has 0 fully saturated rings. The molecule has 0 aliphatic heterocycles. The fourth-order valence-electron chi connectivity index (χ4n) is 1.77. The average Bonchev–Trinajstić information content (AvgIpc) is 3.11. The summed E-state index contributed by atoms with van der Waals surface area (Å²) in [6.07, 6.45) is 3.02. The van der Waals surface area contributed by atoms with Crippen LogP contribution in [0.15, 0.2) is 28.6 Å². The summed E-state index contributed by atoms with van der Waals surface area (Å²) in [5.74, 6) is 0.624. The van der Waals surface area contributed by atoms with Crippen LogP contribution in [0, 0.1) is 0 Å². The summed E-state index contributed by atoms with van der Waals surface area (Å²) in [7, 11) is 4.42. The summed E-state index contributed by atoms with van der Waals surface area (Å²) in [4.78, 5) is 23.1. The summed E-state index contributed by atoms with van der Waals surface area (Å²) in [5, 5.41) is 10.7. The number of thioether (sulfide) groups is 1. The second-order valence-electron chi connectivity index (χ2n) is 4.67. The molecule has 10 heteroatoms. The first-order valence-corrected chi connectivity index (χ1v) is 9.10. The van der Waals surface area contributed by atoms with Gasteiger partial charge in [-0.25, -0.2) is 0 Å². The van der Waals surface area contributed by atoms with Gasteiger partial charge in [0.2, 0.25) is 11.0 Å². The Morgan fingerprint density at radius 2 is 1.96 bits per heavy atom. The Morgan fingerprint density at radius 3 is 2.65 bits per heavy atom. The van der Waals surface area contributed by atoms with Crippen molar-refractivity contribution in [1.29, 1.82) is 0 Å². The molecule has 0 atom stereocenters. The molecule has 1 aromatic heterocycles. The van der Waals surface area contributed by atoms with Crippen LogP contribution in [-0.2, 0) is 14.3 Å². The molecule has 0 saturated carbocycles. The number of hydrogen-bond donors (Lipinski definition) is 1. The van der Waals surface area contributed by atoms with Crippen LogP contribution in [0.4, 0.5) is 5.13 Å². The number of nitrogens with zero attached hydrogens (tertiary/aromatic N) is 2. The number of aromatic nitrogens is 2. The Balaban J connectivity index is 1.93. The summed E-state index contributed by atoms with van der Waals surface area (Å²) >= 11 is 2.37. The van der Waals surface area contributed by atoms with E-state index in [0.29, 0.717) is 21.0 Å². The number of esters is 1. The van der Waals surface area contributed by atoms with Gasteiger partial charge in [0, 0.05) is 6.08 Å². The predicted molar refractivity (Wildman–Crippen MR) is 99.9 cm³/mol. The zero-order valence-corrected chi connectivity index (χ0v) is 16.0. The van der Waals surface area contributed by atoms with Gasteiger partial charge in [-0.05, 0) is 23.8 Å². The second-order valence-corrected chi connectivity index (χ2v) is 6.87. The maximum absolute atomic E-state index is 12.0.